The van der Waals surface area contributed by atoms with Crippen LogP contribution < -0.4 is 10.6 Å². The van der Waals surface area contributed by atoms with Crippen molar-refractivity contribution in [3.63, 3.8) is 0 Å². The van der Waals surface area contributed by atoms with Gasteiger partial charge in [0.15, 0.2) is 0 Å². The van der Waals surface area contributed by atoms with E-state index in [4.69, 9.17) is 0 Å². The fourth-order valence-electron chi connectivity index (χ4n) is 3.80. The molecule has 0 bridgehead atoms. The first-order valence-corrected chi connectivity index (χ1v) is 8.42. The Morgan fingerprint density at radius 3 is 2.87 bits per heavy atom. The number of carbonyl (C=O) groups excluding carboxylic acids is 1. The first-order valence-electron chi connectivity index (χ1n) is 8.42. The highest BCUT2D eigenvalue weighted by atomic mass is 16.3. The zero-order chi connectivity index (χ0) is 16.2. The van der Waals surface area contributed by atoms with Crippen molar-refractivity contribution in [1.82, 2.24) is 10.6 Å². The number of phenols is 1. The first kappa shape index (κ1) is 15.8. The fourth-order valence-corrected chi connectivity index (χ4v) is 3.80. The van der Waals surface area contributed by atoms with Crippen molar-refractivity contribution in [2.75, 3.05) is 13.1 Å². The quantitative estimate of drug-likeness (QED) is 0.797. The lowest BCUT2D eigenvalue weighted by Crippen LogP contribution is -2.41. The molecule has 1 aromatic rings. The average molecular weight is 313 g/mol. The Bertz CT molecular complexity index is 617. The van der Waals surface area contributed by atoms with Crippen molar-refractivity contribution in [2.45, 2.75) is 38.1 Å². The highest BCUT2D eigenvalue weighted by molar-refractivity contribution is 5.82. The van der Waals surface area contributed by atoms with Gasteiger partial charge < -0.3 is 15.7 Å². The minimum atomic E-state index is -0.584. The van der Waals surface area contributed by atoms with E-state index in [9.17, 15) is 15.2 Å². The van der Waals surface area contributed by atoms with Crippen molar-refractivity contribution in [3.8, 4) is 11.8 Å². The van der Waals surface area contributed by atoms with Gasteiger partial charge >= 0.3 is 0 Å². The SMILES string of the molecule is N#CC(C(=O)NC1CCCc2c(O)cccc21)C1CCNCC1. The second-order valence-corrected chi connectivity index (χ2v) is 6.49. The van der Waals surface area contributed by atoms with E-state index in [1.807, 2.05) is 12.1 Å². The van der Waals surface area contributed by atoms with Gasteiger partial charge in [-0.3, -0.25) is 4.79 Å². The van der Waals surface area contributed by atoms with Crippen molar-refractivity contribution < 1.29 is 9.90 Å². The second-order valence-electron chi connectivity index (χ2n) is 6.49. The number of nitrogens with zero attached hydrogens (tertiary/aromatic N) is 1. The molecule has 2 unspecified atom stereocenters. The Morgan fingerprint density at radius 1 is 1.35 bits per heavy atom. The molecule has 1 fully saturated rings. The van der Waals surface area contributed by atoms with Crippen LogP contribution in [-0.4, -0.2) is 24.1 Å². The fraction of sp³-hybridized carbons (Fsp3) is 0.556. The maximum atomic E-state index is 12.6. The number of fused-ring (bicyclic) bond motifs is 1. The van der Waals surface area contributed by atoms with E-state index in [1.54, 1.807) is 6.07 Å². The maximum Gasteiger partial charge on any atom is 0.238 e. The molecule has 122 valence electrons. The number of aromatic hydroxyl groups is 1. The third-order valence-corrected chi connectivity index (χ3v) is 5.08. The van der Waals surface area contributed by atoms with Gasteiger partial charge in [0, 0.05) is 0 Å². The van der Waals surface area contributed by atoms with Gasteiger partial charge in [-0.2, -0.15) is 5.26 Å². The highest BCUT2D eigenvalue weighted by Gasteiger charge is 2.32. The monoisotopic (exact) mass is 313 g/mol. The number of nitriles is 1. The van der Waals surface area contributed by atoms with E-state index in [2.05, 4.69) is 16.7 Å². The van der Waals surface area contributed by atoms with Crippen LogP contribution in [0.1, 0.15) is 42.9 Å². The molecule has 0 saturated carbocycles. The first-order chi connectivity index (χ1) is 11.2. The van der Waals surface area contributed by atoms with Crippen molar-refractivity contribution in [3.05, 3.63) is 29.3 Å². The molecule has 1 amide bonds. The molecule has 5 heteroatoms. The average Bonchev–Trinajstić information content (AvgIpc) is 2.57. The molecule has 0 spiro atoms. The van der Waals surface area contributed by atoms with Gasteiger partial charge in [-0.1, -0.05) is 12.1 Å². The predicted molar refractivity (Wildman–Crippen MR) is 86.6 cm³/mol. The van der Waals surface area contributed by atoms with Crippen LogP contribution in [0.2, 0.25) is 0 Å². The molecule has 2 aliphatic rings. The van der Waals surface area contributed by atoms with Crippen LogP contribution in [0.5, 0.6) is 5.75 Å². The lowest BCUT2D eigenvalue weighted by Gasteiger charge is -2.30. The maximum absolute atomic E-state index is 12.6. The summed E-state index contributed by atoms with van der Waals surface area (Å²) in [5.41, 5.74) is 1.92. The zero-order valence-electron chi connectivity index (χ0n) is 13.2. The molecule has 0 radical (unpaired) electrons. The number of amides is 1. The topological polar surface area (TPSA) is 85.2 Å². The van der Waals surface area contributed by atoms with Crippen LogP contribution in [0.25, 0.3) is 0 Å². The third kappa shape index (κ3) is 3.32. The summed E-state index contributed by atoms with van der Waals surface area (Å²) in [5.74, 6) is -0.314. The Kier molecular flexibility index (Phi) is 4.82. The molecule has 1 heterocycles. The number of nitrogens with one attached hydrogen (secondary N) is 2. The van der Waals surface area contributed by atoms with Crippen molar-refractivity contribution >= 4 is 5.91 Å². The normalized spacial score (nSPS) is 22.7. The molecule has 2 atom stereocenters. The molecular weight excluding hydrogens is 290 g/mol. The van der Waals surface area contributed by atoms with Crippen LogP contribution in [0, 0.1) is 23.2 Å². The zero-order valence-corrected chi connectivity index (χ0v) is 13.2. The van der Waals surface area contributed by atoms with E-state index in [0.29, 0.717) is 5.75 Å². The highest BCUT2D eigenvalue weighted by Crippen LogP contribution is 2.35. The number of piperidine rings is 1. The van der Waals surface area contributed by atoms with E-state index < -0.39 is 5.92 Å². The number of hydrogen-bond donors (Lipinski definition) is 3. The lowest BCUT2D eigenvalue weighted by molar-refractivity contribution is -0.125. The van der Waals surface area contributed by atoms with Crippen LogP contribution in [0.3, 0.4) is 0 Å². The summed E-state index contributed by atoms with van der Waals surface area (Å²) < 4.78 is 0. The van der Waals surface area contributed by atoms with Gasteiger partial charge in [-0.15, -0.1) is 0 Å². The summed E-state index contributed by atoms with van der Waals surface area (Å²) >= 11 is 0. The molecular formula is C18H23N3O2. The number of hydrogen-bond acceptors (Lipinski definition) is 4. The van der Waals surface area contributed by atoms with Gasteiger partial charge in [0.25, 0.3) is 0 Å². The predicted octanol–water partition coefficient (Wildman–Crippen LogP) is 2.03. The smallest absolute Gasteiger partial charge is 0.238 e. The minimum Gasteiger partial charge on any atom is -0.508 e. The van der Waals surface area contributed by atoms with Crippen molar-refractivity contribution in [1.29, 1.82) is 5.26 Å². The Morgan fingerprint density at radius 2 is 2.13 bits per heavy atom. The van der Waals surface area contributed by atoms with E-state index in [0.717, 1.165) is 56.3 Å². The Hall–Kier alpha value is -2.06. The molecule has 1 saturated heterocycles. The van der Waals surface area contributed by atoms with Crippen LogP contribution in [-0.2, 0) is 11.2 Å². The minimum absolute atomic E-state index is 0.101. The van der Waals surface area contributed by atoms with Gasteiger partial charge in [0.2, 0.25) is 5.91 Å². The number of carbonyl (C=O) groups is 1. The molecule has 3 N–H and O–H groups in total. The number of benzene rings is 1. The largest absolute Gasteiger partial charge is 0.508 e. The van der Waals surface area contributed by atoms with E-state index in [-0.39, 0.29) is 17.9 Å². The molecule has 5 nitrogen and oxygen atoms in total. The summed E-state index contributed by atoms with van der Waals surface area (Å²) in [6.07, 6.45) is 4.36. The molecule has 1 aliphatic carbocycles. The molecule has 0 aromatic heterocycles. The Labute approximate surface area is 136 Å². The standard InChI is InChI=1S/C18H23N3O2/c19-11-15(12-7-9-20-10-8-12)18(23)21-16-5-1-4-14-13(16)3-2-6-17(14)22/h2-3,6,12,15-16,20,22H,1,4-5,7-10H2,(H,21,23). The van der Waals surface area contributed by atoms with Gasteiger partial charge in [-0.05, 0) is 68.3 Å². The number of rotatable bonds is 3. The van der Waals surface area contributed by atoms with Crippen molar-refractivity contribution in [2.24, 2.45) is 11.8 Å². The second kappa shape index (κ2) is 7.01. The van der Waals surface area contributed by atoms with Gasteiger partial charge in [0.05, 0.1) is 12.1 Å². The summed E-state index contributed by atoms with van der Waals surface area (Å²) in [7, 11) is 0. The molecule has 23 heavy (non-hydrogen) atoms. The van der Waals surface area contributed by atoms with Crippen LogP contribution >= 0.6 is 0 Å². The summed E-state index contributed by atoms with van der Waals surface area (Å²) in [6.45, 7) is 1.74. The van der Waals surface area contributed by atoms with Gasteiger partial charge in [0.1, 0.15) is 11.7 Å². The molecule has 1 aliphatic heterocycles. The Balaban J connectivity index is 1.73. The summed E-state index contributed by atoms with van der Waals surface area (Å²) in [4.78, 5) is 12.6. The summed E-state index contributed by atoms with van der Waals surface area (Å²) in [6, 6.07) is 7.57. The summed E-state index contributed by atoms with van der Waals surface area (Å²) in [5, 5.41) is 25.8. The van der Waals surface area contributed by atoms with Crippen LogP contribution in [0.4, 0.5) is 0 Å². The van der Waals surface area contributed by atoms with Gasteiger partial charge in [-0.25, -0.2) is 0 Å². The lowest BCUT2D eigenvalue weighted by atomic mass is 9.83. The molecule has 1 aromatic carbocycles. The molecule has 3 rings (SSSR count). The van der Waals surface area contributed by atoms with E-state index in [1.165, 1.54) is 0 Å². The van der Waals surface area contributed by atoms with Crippen LogP contribution in [0.15, 0.2) is 18.2 Å². The van der Waals surface area contributed by atoms with E-state index >= 15 is 0 Å². The third-order valence-electron chi connectivity index (χ3n) is 5.08. The number of phenolic OH excluding ortho intramolecular Hbond substituents is 1.